The SMILES string of the molecule is C=CCNC(=O)C1OC1c1ccccc1. The molecular weight excluding hydrogens is 190 g/mol. The first kappa shape index (κ1) is 9.93. The number of hydrogen-bond donors (Lipinski definition) is 1. The van der Waals surface area contributed by atoms with Crippen LogP contribution in [0.25, 0.3) is 0 Å². The number of carbonyl (C=O) groups excluding carboxylic acids is 1. The van der Waals surface area contributed by atoms with Gasteiger partial charge in [0.05, 0.1) is 0 Å². The molecule has 1 fully saturated rings. The monoisotopic (exact) mass is 203 g/mol. The van der Waals surface area contributed by atoms with E-state index in [0.717, 1.165) is 5.56 Å². The van der Waals surface area contributed by atoms with Crippen molar-refractivity contribution in [3.63, 3.8) is 0 Å². The number of carbonyl (C=O) groups is 1. The van der Waals surface area contributed by atoms with E-state index >= 15 is 0 Å². The first-order valence-electron chi connectivity index (χ1n) is 4.92. The topological polar surface area (TPSA) is 41.6 Å². The van der Waals surface area contributed by atoms with E-state index in [4.69, 9.17) is 4.74 Å². The Labute approximate surface area is 88.8 Å². The first-order chi connectivity index (χ1) is 7.33. The van der Waals surface area contributed by atoms with Crippen molar-refractivity contribution in [3.05, 3.63) is 48.6 Å². The maximum atomic E-state index is 11.5. The minimum absolute atomic E-state index is 0.0660. The van der Waals surface area contributed by atoms with Gasteiger partial charge in [0.15, 0.2) is 6.10 Å². The summed E-state index contributed by atoms with van der Waals surface area (Å²) in [5.74, 6) is -0.0660. The molecule has 2 atom stereocenters. The minimum Gasteiger partial charge on any atom is -0.354 e. The van der Waals surface area contributed by atoms with Crippen molar-refractivity contribution in [2.75, 3.05) is 6.54 Å². The summed E-state index contributed by atoms with van der Waals surface area (Å²) in [5, 5.41) is 2.71. The van der Waals surface area contributed by atoms with Gasteiger partial charge in [-0.3, -0.25) is 4.79 Å². The lowest BCUT2D eigenvalue weighted by Gasteiger charge is -1.97. The Morgan fingerprint density at radius 2 is 2.20 bits per heavy atom. The van der Waals surface area contributed by atoms with Crippen molar-refractivity contribution in [1.29, 1.82) is 0 Å². The zero-order valence-corrected chi connectivity index (χ0v) is 8.35. The molecule has 1 aromatic carbocycles. The third-order valence-electron chi connectivity index (χ3n) is 2.30. The lowest BCUT2D eigenvalue weighted by atomic mass is 10.1. The van der Waals surface area contributed by atoms with Gasteiger partial charge in [-0.05, 0) is 5.56 Å². The fourth-order valence-corrected chi connectivity index (χ4v) is 1.48. The van der Waals surface area contributed by atoms with E-state index in [1.54, 1.807) is 6.08 Å². The van der Waals surface area contributed by atoms with Crippen LogP contribution in [0.2, 0.25) is 0 Å². The molecule has 1 N–H and O–H groups in total. The quantitative estimate of drug-likeness (QED) is 0.594. The van der Waals surface area contributed by atoms with Crippen LogP contribution in [0.1, 0.15) is 11.7 Å². The molecule has 15 heavy (non-hydrogen) atoms. The highest BCUT2D eigenvalue weighted by atomic mass is 16.6. The molecule has 3 nitrogen and oxygen atoms in total. The third-order valence-corrected chi connectivity index (χ3v) is 2.30. The van der Waals surface area contributed by atoms with Crippen LogP contribution < -0.4 is 5.32 Å². The molecule has 3 heteroatoms. The Balaban J connectivity index is 1.91. The van der Waals surface area contributed by atoms with Crippen LogP contribution in [0.5, 0.6) is 0 Å². The highest BCUT2D eigenvalue weighted by molar-refractivity contribution is 5.84. The largest absolute Gasteiger partial charge is 0.354 e. The van der Waals surface area contributed by atoms with Gasteiger partial charge in [-0.1, -0.05) is 36.4 Å². The number of amides is 1. The average molecular weight is 203 g/mol. The van der Waals surface area contributed by atoms with Crippen molar-refractivity contribution >= 4 is 5.91 Å². The number of epoxide rings is 1. The van der Waals surface area contributed by atoms with Gasteiger partial charge in [-0.2, -0.15) is 0 Å². The van der Waals surface area contributed by atoms with Crippen LogP contribution in [0.3, 0.4) is 0 Å². The van der Waals surface area contributed by atoms with Crippen molar-refractivity contribution in [2.45, 2.75) is 12.2 Å². The summed E-state index contributed by atoms with van der Waals surface area (Å²) >= 11 is 0. The molecule has 1 aliphatic rings. The lowest BCUT2D eigenvalue weighted by Crippen LogP contribution is -2.28. The van der Waals surface area contributed by atoms with E-state index in [-0.39, 0.29) is 18.1 Å². The maximum absolute atomic E-state index is 11.5. The van der Waals surface area contributed by atoms with Crippen LogP contribution in [0.15, 0.2) is 43.0 Å². The van der Waals surface area contributed by atoms with Crippen molar-refractivity contribution in [2.24, 2.45) is 0 Å². The van der Waals surface area contributed by atoms with Gasteiger partial charge in [0.1, 0.15) is 6.10 Å². The van der Waals surface area contributed by atoms with Gasteiger partial charge in [0.2, 0.25) is 0 Å². The predicted octanol–water partition coefficient (Wildman–Crippen LogP) is 1.43. The van der Waals surface area contributed by atoms with Crippen molar-refractivity contribution in [3.8, 4) is 0 Å². The molecule has 0 radical (unpaired) electrons. The normalized spacial score (nSPS) is 23.2. The van der Waals surface area contributed by atoms with Gasteiger partial charge in [-0.25, -0.2) is 0 Å². The summed E-state index contributed by atoms with van der Waals surface area (Å²) in [5.41, 5.74) is 1.05. The van der Waals surface area contributed by atoms with Gasteiger partial charge < -0.3 is 10.1 Å². The average Bonchev–Trinajstić information content (AvgIpc) is 3.07. The van der Waals surface area contributed by atoms with E-state index in [9.17, 15) is 4.79 Å². The zero-order chi connectivity index (χ0) is 10.7. The van der Waals surface area contributed by atoms with Gasteiger partial charge >= 0.3 is 0 Å². The molecule has 0 aromatic heterocycles. The van der Waals surface area contributed by atoms with Crippen LogP contribution in [-0.2, 0) is 9.53 Å². The molecule has 1 aromatic rings. The first-order valence-corrected chi connectivity index (χ1v) is 4.92. The van der Waals surface area contributed by atoms with Crippen LogP contribution in [0.4, 0.5) is 0 Å². The highest BCUT2D eigenvalue weighted by Gasteiger charge is 2.45. The fourth-order valence-electron chi connectivity index (χ4n) is 1.48. The summed E-state index contributed by atoms with van der Waals surface area (Å²) in [4.78, 5) is 11.5. The summed E-state index contributed by atoms with van der Waals surface area (Å²) in [7, 11) is 0. The summed E-state index contributed by atoms with van der Waals surface area (Å²) in [6, 6.07) is 9.75. The summed E-state index contributed by atoms with van der Waals surface area (Å²) in [6.45, 7) is 4.02. The molecular formula is C12H13NO2. The Morgan fingerprint density at radius 3 is 2.87 bits per heavy atom. The molecule has 0 bridgehead atoms. The smallest absolute Gasteiger partial charge is 0.252 e. The molecule has 1 saturated heterocycles. The molecule has 78 valence electrons. The third kappa shape index (κ3) is 2.25. The molecule has 1 amide bonds. The number of benzene rings is 1. The Hall–Kier alpha value is -1.61. The van der Waals surface area contributed by atoms with Gasteiger partial charge in [0.25, 0.3) is 5.91 Å². The predicted molar refractivity (Wildman–Crippen MR) is 57.3 cm³/mol. The van der Waals surface area contributed by atoms with E-state index in [1.165, 1.54) is 0 Å². The Kier molecular flexibility index (Phi) is 2.83. The molecule has 0 spiro atoms. The summed E-state index contributed by atoms with van der Waals surface area (Å²) in [6.07, 6.45) is 1.25. The maximum Gasteiger partial charge on any atom is 0.252 e. The summed E-state index contributed by atoms with van der Waals surface area (Å²) < 4.78 is 5.32. The molecule has 1 heterocycles. The van der Waals surface area contributed by atoms with E-state index in [0.29, 0.717) is 6.54 Å². The fraction of sp³-hybridized carbons (Fsp3) is 0.250. The molecule has 2 unspecified atom stereocenters. The number of rotatable bonds is 4. The highest BCUT2D eigenvalue weighted by Crippen LogP contribution is 2.38. The van der Waals surface area contributed by atoms with E-state index < -0.39 is 0 Å². The number of ether oxygens (including phenoxy) is 1. The van der Waals surface area contributed by atoms with E-state index in [2.05, 4.69) is 11.9 Å². The van der Waals surface area contributed by atoms with E-state index in [1.807, 2.05) is 30.3 Å². The Morgan fingerprint density at radius 1 is 1.47 bits per heavy atom. The molecule has 0 aliphatic carbocycles. The van der Waals surface area contributed by atoms with Crippen LogP contribution in [-0.4, -0.2) is 18.6 Å². The standard InChI is InChI=1S/C12H13NO2/c1-2-8-13-12(14)11-10(15-11)9-6-4-3-5-7-9/h2-7,10-11H,1,8H2,(H,13,14). The number of nitrogens with one attached hydrogen (secondary N) is 1. The molecule has 2 rings (SSSR count). The second-order valence-corrected chi connectivity index (χ2v) is 3.42. The zero-order valence-electron chi connectivity index (χ0n) is 8.35. The van der Waals surface area contributed by atoms with Crippen molar-refractivity contribution < 1.29 is 9.53 Å². The number of hydrogen-bond acceptors (Lipinski definition) is 2. The Bertz CT molecular complexity index is 361. The van der Waals surface area contributed by atoms with Crippen LogP contribution in [0, 0.1) is 0 Å². The van der Waals surface area contributed by atoms with Gasteiger partial charge in [0, 0.05) is 6.54 Å². The van der Waals surface area contributed by atoms with Gasteiger partial charge in [-0.15, -0.1) is 6.58 Å². The van der Waals surface area contributed by atoms with Crippen molar-refractivity contribution in [1.82, 2.24) is 5.32 Å². The van der Waals surface area contributed by atoms with Crippen LogP contribution >= 0.6 is 0 Å². The lowest BCUT2D eigenvalue weighted by molar-refractivity contribution is -0.122. The second kappa shape index (κ2) is 4.28. The molecule has 1 aliphatic heterocycles. The minimum atomic E-state index is -0.327. The molecule has 0 saturated carbocycles. The second-order valence-electron chi connectivity index (χ2n) is 3.42.